The molecule has 134 valence electrons. The van der Waals surface area contributed by atoms with Gasteiger partial charge in [0, 0.05) is 31.8 Å². The molecule has 2 aliphatic heterocycles. The van der Waals surface area contributed by atoms with E-state index < -0.39 is 5.60 Å². The third-order valence-electron chi connectivity index (χ3n) is 4.78. The molecule has 1 saturated heterocycles. The molecule has 2 heterocycles. The van der Waals surface area contributed by atoms with Gasteiger partial charge in [-0.25, -0.2) is 9.79 Å². The van der Waals surface area contributed by atoms with Crippen LogP contribution in [0.15, 0.2) is 16.4 Å². The van der Waals surface area contributed by atoms with Crippen molar-refractivity contribution in [2.24, 2.45) is 10.9 Å². The summed E-state index contributed by atoms with van der Waals surface area (Å²) < 4.78 is 5.44. The van der Waals surface area contributed by atoms with Gasteiger partial charge >= 0.3 is 6.09 Å². The van der Waals surface area contributed by atoms with E-state index in [0.717, 1.165) is 25.3 Å². The molecule has 7 nitrogen and oxygen atoms in total. The Balaban J connectivity index is 1.66. The molecule has 0 bridgehead atoms. The number of hydrogen-bond donors (Lipinski definition) is 2. The molecule has 1 aliphatic carbocycles. The van der Waals surface area contributed by atoms with Crippen LogP contribution < -0.4 is 5.32 Å². The normalized spacial score (nSPS) is 30.3. The Kier molecular flexibility index (Phi) is 4.46. The van der Waals surface area contributed by atoms with Gasteiger partial charge in [0.2, 0.25) is 0 Å². The Hall–Kier alpha value is -1.76. The second-order valence-corrected chi connectivity index (χ2v) is 7.84. The van der Waals surface area contributed by atoms with E-state index >= 15 is 0 Å². The number of ether oxygens (including phenoxy) is 1. The summed E-state index contributed by atoms with van der Waals surface area (Å²) in [6, 6.07) is -0.0311. The smallest absolute Gasteiger partial charge is 0.410 e. The van der Waals surface area contributed by atoms with Gasteiger partial charge in [-0.15, -0.1) is 0 Å². The average Bonchev–Trinajstić information content (AvgIpc) is 2.81. The van der Waals surface area contributed by atoms with E-state index in [1.54, 1.807) is 11.2 Å². The van der Waals surface area contributed by atoms with Crippen LogP contribution in [0.3, 0.4) is 0 Å². The van der Waals surface area contributed by atoms with Crippen LogP contribution in [0.25, 0.3) is 0 Å². The SMILES string of the molecule is C[C@@H]1C[C@@H](O)C2NC=NC(N3CCN(C(=O)OC(C)(C)C)CC3)=C21. The molecule has 0 aromatic carbocycles. The van der Waals surface area contributed by atoms with Gasteiger partial charge < -0.3 is 25.0 Å². The summed E-state index contributed by atoms with van der Waals surface area (Å²) in [7, 11) is 0. The molecule has 0 radical (unpaired) electrons. The monoisotopic (exact) mass is 336 g/mol. The van der Waals surface area contributed by atoms with Crippen molar-refractivity contribution in [1.82, 2.24) is 15.1 Å². The first kappa shape index (κ1) is 17.1. The Labute approximate surface area is 143 Å². The fraction of sp³-hybridized carbons (Fsp3) is 0.765. The first-order chi connectivity index (χ1) is 11.3. The highest BCUT2D eigenvalue weighted by atomic mass is 16.6. The molecule has 0 aromatic heterocycles. The molecule has 1 unspecified atom stereocenters. The molecular weight excluding hydrogens is 308 g/mol. The van der Waals surface area contributed by atoms with Crippen molar-refractivity contribution in [2.75, 3.05) is 26.2 Å². The lowest BCUT2D eigenvalue weighted by atomic mass is 10.0. The number of hydrogen-bond acceptors (Lipinski definition) is 6. The van der Waals surface area contributed by atoms with Gasteiger partial charge in [0.1, 0.15) is 11.4 Å². The van der Waals surface area contributed by atoms with Crippen molar-refractivity contribution in [3.8, 4) is 0 Å². The van der Waals surface area contributed by atoms with Crippen LogP contribution >= 0.6 is 0 Å². The summed E-state index contributed by atoms with van der Waals surface area (Å²) in [5.41, 5.74) is 0.719. The topological polar surface area (TPSA) is 77.4 Å². The van der Waals surface area contributed by atoms with Crippen LogP contribution in [0.1, 0.15) is 34.1 Å². The van der Waals surface area contributed by atoms with Gasteiger partial charge in [-0.2, -0.15) is 0 Å². The lowest BCUT2D eigenvalue weighted by Crippen LogP contribution is -2.50. The molecule has 1 saturated carbocycles. The van der Waals surface area contributed by atoms with Crippen LogP contribution in [-0.4, -0.2) is 71.3 Å². The standard InChI is InChI=1S/C17H28N4O3/c1-11-9-12(22)14-13(11)15(19-10-18-14)20-5-7-21(8-6-20)16(23)24-17(2,3)4/h10-12,14,22H,5-9H2,1-4H3,(H,18,19)/t11-,12-,14?/m1/s1. The van der Waals surface area contributed by atoms with Gasteiger partial charge in [-0.1, -0.05) is 6.92 Å². The number of aliphatic imine (C=N–C) groups is 1. The van der Waals surface area contributed by atoms with Gasteiger partial charge in [0.25, 0.3) is 0 Å². The number of carbonyl (C=O) groups excluding carboxylic acids is 1. The number of piperazine rings is 1. The zero-order valence-corrected chi connectivity index (χ0v) is 15.0. The second kappa shape index (κ2) is 6.27. The Morgan fingerprint density at radius 1 is 1.33 bits per heavy atom. The fourth-order valence-corrected chi connectivity index (χ4v) is 3.64. The van der Waals surface area contributed by atoms with E-state index in [-0.39, 0.29) is 18.2 Å². The quantitative estimate of drug-likeness (QED) is 0.751. The highest BCUT2D eigenvalue weighted by molar-refractivity contribution is 5.68. The molecule has 3 rings (SSSR count). The third-order valence-corrected chi connectivity index (χ3v) is 4.78. The highest BCUT2D eigenvalue weighted by Crippen LogP contribution is 2.36. The van der Waals surface area contributed by atoms with E-state index in [1.165, 1.54) is 5.57 Å². The zero-order valence-electron chi connectivity index (χ0n) is 15.0. The number of carbonyl (C=O) groups is 1. The molecular formula is C17H28N4O3. The second-order valence-electron chi connectivity index (χ2n) is 7.84. The van der Waals surface area contributed by atoms with Gasteiger partial charge in [0.15, 0.2) is 0 Å². The lowest BCUT2D eigenvalue weighted by Gasteiger charge is -2.38. The number of amides is 1. The molecule has 2 fully saturated rings. The first-order valence-electron chi connectivity index (χ1n) is 8.70. The molecule has 0 aromatic rings. The van der Waals surface area contributed by atoms with Crippen molar-refractivity contribution in [3.05, 3.63) is 11.4 Å². The van der Waals surface area contributed by atoms with Crippen molar-refractivity contribution >= 4 is 12.4 Å². The van der Waals surface area contributed by atoms with Crippen LogP contribution in [0.4, 0.5) is 4.79 Å². The van der Waals surface area contributed by atoms with Gasteiger partial charge in [-0.3, -0.25) is 0 Å². The molecule has 3 aliphatic rings. The summed E-state index contributed by atoms with van der Waals surface area (Å²) in [5.74, 6) is 1.28. The maximum Gasteiger partial charge on any atom is 0.410 e. The molecule has 1 amide bonds. The summed E-state index contributed by atoms with van der Waals surface area (Å²) >= 11 is 0. The maximum atomic E-state index is 12.2. The van der Waals surface area contributed by atoms with Crippen LogP contribution in [0.5, 0.6) is 0 Å². The van der Waals surface area contributed by atoms with Crippen molar-refractivity contribution in [1.29, 1.82) is 0 Å². The van der Waals surface area contributed by atoms with Crippen molar-refractivity contribution in [2.45, 2.75) is 51.9 Å². The number of rotatable bonds is 1. The minimum Gasteiger partial charge on any atom is -0.444 e. The van der Waals surface area contributed by atoms with E-state index in [9.17, 15) is 9.90 Å². The van der Waals surface area contributed by atoms with Crippen molar-refractivity contribution in [3.63, 3.8) is 0 Å². The van der Waals surface area contributed by atoms with E-state index in [4.69, 9.17) is 4.74 Å². The number of aliphatic hydroxyl groups excluding tert-OH is 1. The first-order valence-corrected chi connectivity index (χ1v) is 8.70. The molecule has 7 heteroatoms. The largest absolute Gasteiger partial charge is 0.444 e. The predicted octanol–water partition coefficient (Wildman–Crippen LogP) is 1.15. The number of nitrogens with one attached hydrogen (secondary N) is 1. The fourth-order valence-electron chi connectivity index (χ4n) is 3.64. The van der Waals surface area contributed by atoms with Gasteiger partial charge in [0.05, 0.1) is 18.5 Å². The number of nitrogens with zero attached hydrogens (tertiary/aromatic N) is 3. The Morgan fingerprint density at radius 3 is 2.62 bits per heavy atom. The highest BCUT2D eigenvalue weighted by Gasteiger charge is 2.40. The minimum atomic E-state index is -0.471. The van der Waals surface area contributed by atoms with E-state index in [1.807, 2.05) is 20.8 Å². The predicted molar refractivity (Wildman–Crippen MR) is 91.6 cm³/mol. The lowest BCUT2D eigenvalue weighted by molar-refractivity contribution is 0.0166. The Morgan fingerprint density at radius 2 is 2.00 bits per heavy atom. The van der Waals surface area contributed by atoms with E-state index in [0.29, 0.717) is 19.0 Å². The number of fused-ring (bicyclic) bond motifs is 1. The summed E-state index contributed by atoms with van der Waals surface area (Å²) in [6.07, 6.45) is 1.83. The minimum absolute atomic E-state index is 0.0311. The molecule has 0 spiro atoms. The van der Waals surface area contributed by atoms with E-state index in [2.05, 4.69) is 22.1 Å². The number of aliphatic hydroxyl groups is 1. The maximum absolute atomic E-state index is 12.2. The zero-order chi connectivity index (χ0) is 17.5. The Bertz CT molecular complexity index is 559. The summed E-state index contributed by atoms with van der Waals surface area (Å²) in [5, 5.41) is 13.4. The van der Waals surface area contributed by atoms with Crippen LogP contribution in [0, 0.1) is 5.92 Å². The summed E-state index contributed by atoms with van der Waals surface area (Å²) in [4.78, 5) is 20.7. The summed E-state index contributed by atoms with van der Waals surface area (Å²) in [6.45, 7) is 10.5. The molecule has 3 atom stereocenters. The molecule has 2 N–H and O–H groups in total. The van der Waals surface area contributed by atoms with Gasteiger partial charge in [-0.05, 0) is 33.1 Å². The molecule has 24 heavy (non-hydrogen) atoms. The van der Waals surface area contributed by atoms with Crippen molar-refractivity contribution < 1.29 is 14.6 Å². The average molecular weight is 336 g/mol. The van der Waals surface area contributed by atoms with Crippen LogP contribution in [-0.2, 0) is 4.74 Å². The third kappa shape index (κ3) is 3.36. The van der Waals surface area contributed by atoms with Crippen LogP contribution in [0.2, 0.25) is 0 Å².